The van der Waals surface area contributed by atoms with E-state index in [0.717, 1.165) is 11.3 Å². The fourth-order valence-corrected chi connectivity index (χ4v) is 3.92. The third kappa shape index (κ3) is 3.07. The summed E-state index contributed by atoms with van der Waals surface area (Å²) < 4.78 is 1.60. The van der Waals surface area contributed by atoms with Gasteiger partial charge in [0.25, 0.3) is 5.91 Å². The van der Waals surface area contributed by atoms with Crippen molar-refractivity contribution in [3.8, 4) is 11.3 Å². The van der Waals surface area contributed by atoms with Crippen LogP contribution >= 0.6 is 34.5 Å². The minimum Gasteiger partial charge on any atom is -0.296 e. The molecule has 0 aliphatic carbocycles. The fraction of sp³-hybridized carbons (Fsp3) is 0.0556. The highest BCUT2D eigenvalue weighted by Gasteiger charge is 2.20. The van der Waals surface area contributed by atoms with Crippen molar-refractivity contribution in [1.82, 2.24) is 14.4 Å². The maximum atomic E-state index is 12.8. The van der Waals surface area contributed by atoms with Gasteiger partial charge < -0.3 is 0 Å². The molecular formula is C18H12Cl2N4OS. The first kappa shape index (κ1) is 17.0. The zero-order chi connectivity index (χ0) is 18.3. The molecule has 4 aromatic rings. The molecule has 0 spiro atoms. The quantitative estimate of drug-likeness (QED) is 0.503. The number of halogens is 2. The Hall–Kier alpha value is -2.41. The number of nitrogens with zero attached hydrogens (tertiary/aromatic N) is 3. The zero-order valence-electron chi connectivity index (χ0n) is 13.5. The maximum Gasteiger partial charge on any atom is 0.276 e. The number of anilines is 1. The van der Waals surface area contributed by atoms with Crippen LogP contribution in [0.25, 0.3) is 16.9 Å². The van der Waals surface area contributed by atoms with Gasteiger partial charge in [0.05, 0.1) is 21.4 Å². The second-order valence-corrected chi connectivity index (χ2v) is 7.31. The summed E-state index contributed by atoms with van der Waals surface area (Å²) in [4.78, 5) is 21.6. The number of hydrogen-bond donors (Lipinski definition) is 1. The topological polar surface area (TPSA) is 59.3 Å². The lowest BCUT2D eigenvalue weighted by Gasteiger charge is -2.04. The van der Waals surface area contributed by atoms with E-state index in [2.05, 4.69) is 15.3 Å². The van der Waals surface area contributed by atoms with Gasteiger partial charge in [0, 0.05) is 17.1 Å². The molecule has 3 aromatic heterocycles. The molecule has 0 saturated carbocycles. The van der Waals surface area contributed by atoms with Gasteiger partial charge in [0.1, 0.15) is 5.69 Å². The number of amides is 1. The molecule has 0 aliphatic heterocycles. The maximum absolute atomic E-state index is 12.8. The van der Waals surface area contributed by atoms with Crippen LogP contribution in [0.15, 0.2) is 48.0 Å². The number of rotatable bonds is 3. The van der Waals surface area contributed by atoms with Crippen molar-refractivity contribution in [2.75, 3.05) is 5.32 Å². The Kier molecular flexibility index (Phi) is 4.40. The highest BCUT2D eigenvalue weighted by Crippen LogP contribution is 2.27. The number of pyridine rings is 1. The first-order valence-corrected chi connectivity index (χ1v) is 9.32. The predicted octanol–water partition coefficient (Wildman–Crippen LogP) is 5.33. The Morgan fingerprint density at radius 1 is 1.19 bits per heavy atom. The molecule has 1 aromatic carbocycles. The molecule has 26 heavy (non-hydrogen) atoms. The van der Waals surface area contributed by atoms with Crippen molar-refractivity contribution < 1.29 is 4.79 Å². The summed E-state index contributed by atoms with van der Waals surface area (Å²) in [5, 5.41) is 6.06. The van der Waals surface area contributed by atoms with Gasteiger partial charge in [-0.15, -0.1) is 11.3 Å². The summed E-state index contributed by atoms with van der Waals surface area (Å²) in [6.45, 7) is 1.75. The lowest BCUT2D eigenvalue weighted by atomic mass is 10.2. The summed E-state index contributed by atoms with van der Waals surface area (Å²) in [6, 6.07) is 11.4. The number of hydrogen-bond acceptors (Lipinski definition) is 4. The van der Waals surface area contributed by atoms with Crippen molar-refractivity contribution in [2.24, 2.45) is 0 Å². The molecule has 3 heterocycles. The molecule has 4 rings (SSSR count). The predicted molar refractivity (Wildman–Crippen MR) is 105 cm³/mol. The average molecular weight is 403 g/mol. The Labute approximate surface area is 163 Å². The second-order valence-electron chi connectivity index (χ2n) is 5.60. The van der Waals surface area contributed by atoms with E-state index in [1.165, 1.54) is 11.3 Å². The molecule has 0 fully saturated rings. The van der Waals surface area contributed by atoms with Crippen LogP contribution in [0.1, 0.15) is 16.2 Å². The van der Waals surface area contributed by atoms with Gasteiger partial charge in [-0.1, -0.05) is 53.5 Å². The fourth-order valence-electron chi connectivity index (χ4n) is 2.69. The molecule has 130 valence electrons. The van der Waals surface area contributed by atoms with E-state index in [1.807, 2.05) is 35.7 Å². The number of fused-ring (bicyclic) bond motifs is 1. The first-order valence-electron chi connectivity index (χ1n) is 7.69. The Morgan fingerprint density at radius 3 is 2.73 bits per heavy atom. The van der Waals surface area contributed by atoms with Crippen LogP contribution < -0.4 is 5.32 Å². The number of aryl methyl sites for hydroxylation is 1. The highest BCUT2D eigenvalue weighted by atomic mass is 35.5. The van der Waals surface area contributed by atoms with Crippen LogP contribution in [-0.4, -0.2) is 20.3 Å². The van der Waals surface area contributed by atoms with Gasteiger partial charge in [-0.25, -0.2) is 9.97 Å². The number of imidazole rings is 1. The number of nitrogens with one attached hydrogen (secondary N) is 1. The van der Waals surface area contributed by atoms with Gasteiger partial charge in [0.15, 0.2) is 10.8 Å². The summed E-state index contributed by atoms with van der Waals surface area (Å²) in [6.07, 6.45) is 1.62. The standard InChI is InChI=1S/C18H12Cl2N4OS/c1-10-15(24-8-12(19)7-13(20)16(24)21-10)17(25)23-18-22-14(9-26-18)11-5-3-2-4-6-11/h2-9H,1H3,(H,22,23,25). The van der Waals surface area contributed by atoms with Crippen LogP contribution in [0.3, 0.4) is 0 Å². The highest BCUT2D eigenvalue weighted by molar-refractivity contribution is 7.14. The van der Waals surface area contributed by atoms with Crippen molar-refractivity contribution >= 4 is 51.2 Å². The van der Waals surface area contributed by atoms with Gasteiger partial charge in [-0.3, -0.25) is 14.5 Å². The summed E-state index contributed by atoms with van der Waals surface area (Å²) in [7, 11) is 0. The summed E-state index contributed by atoms with van der Waals surface area (Å²) >= 11 is 13.6. The van der Waals surface area contributed by atoms with E-state index in [4.69, 9.17) is 23.2 Å². The SMILES string of the molecule is Cc1nc2c(Cl)cc(Cl)cn2c1C(=O)Nc1nc(-c2ccccc2)cs1. The van der Waals surface area contributed by atoms with Crippen LogP contribution in [0.5, 0.6) is 0 Å². The van der Waals surface area contributed by atoms with E-state index in [-0.39, 0.29) is 5.91 Å². The number of carbonyl (C=O) groups is 1. The number of benzene rings is 1. The molecule has 0 bridgehead atoms. The van der Waals surface area contributed by atoms with Crippen molar-refractivity contribution in [3.05, 3.63) is 69.4 Å². The Morgan fingerprint density at radius 2 is 1.96 bits per heavy atom. The minimum absolute atomic E-state index is 0.317. The van der Waals surface area contributed by atoms with Crippen molar-refractivity contribution in [2.45, 2.75) is 6.92 Å². The van der Waals surface area contributed by atoms with Crippen LogP contribution in [0.2, 0.25) is 10.0 Å². The molecule has 0 atom stereocenters. The van der Waals surface area contributed by atoms with E-state index in [9.17, 15) is 4.79 Å². The van der Waals surface area contributed by atoms with E-state index in [1.54, 1.807) is 23.6 Å². The molecule has 0 unspecified atom stereocenters. The summed E-state index contributed by atoms with van der Waals surface area (Å²) in [5.41, 5.74) is 3.23. The third-order valence-corrected chi connectivity index (χ3v) is 5.07. The Bertz CT molecular complexity index is 1120. The monoisotopic (exact) mass is 402 g/mol. The first-order chi connectivity index (χ1) is 12.5. The lowest BCUT2D eigenvalue weighted by molar-refractivity contribution is 0.102. The van der Waals surface area contributed by atoms with Crippen molar-refractivity contribution in [3.63, 3.8) is 0 Å². The molecule has 5 nitrogen and oxygen atoms in total. The molecule has 0 saturated heterocycles. The van der Waals surface area contributed by atoms with Gasteiger partial charge in [0.2, 0.25) is 0 Å². The van der Waals surface area contributed by atoms with Crippen LogP contribution in [0, 0.1) is 6.92 Å². The van der Waals surface area contributed by atoms with E-state index >= 15 is 0 Å². The average Bonchev–Trinajstić information content (AvgIpc) is 3.20. The zero-order valence-corrected chi connectivity index (χ0v) is 15.9. The Balaban J connectivity index is 1.66. The summed E-state index contributed by atoms with van der Waals surface area (Å²) in [5.74, 6) is -0.317. The molecule has 1 amide bonds. The minimum atomic E-state index is -0.317. The number of aromatic nitrogens is 3. The van der Waals surface area contributed by atoms with Gasteiger partial charge in [-0.2, -0.15) is 0 Å². The number of carbonyl (C=O) groups excluding carboxylic acids is 1. The van der Waals surface area contributed by atoms with Crippen LogP contribution in [-0.2, 0) is 0 Å². The lowest BCUT2D eigenvalue weighted by Crippen LogP contribution is -2.15. The molecule has 8 heteroatoms. The molecule has 1 N–H and O–H groups in total. The molecular weight excluding hydrogens is 391 g/mol. The smallest absolute Gasteiger partial charge is 0.276 e. The van der Waals surface area contributed by atoms with Crippen molar-refractivity contribution in [1.29, 1.82) is 0 Å². The van der Waals surface area contributed by atoms with E-state index < -0.39 is 0 Å². The van der Waals surface area contributed by atoms with Gasteiger partial charge >= 0.3 is 0 Å². The largest absolute Gasteiger partial charge is 0.296 e. The molecule has 0 radical (unpaired) electrons. The third-order valence-electron chi connectivity index (χ3n) is 3.83. The second kappa shape index (κ2) is 6.72. The number of thiazole rings is 1. The molecule has 0 aliphatic rings. The van der Waals surface area contributed by atoms with E-state index in [0.29, 0.717) is 32.2 Å². The van der Waals surface area contributed by atoms with Gasteiger partial charge in [-0.05, 0) is 13.0 Å². The van der Waals surface area contributed by atoms with Crippen LogP contribution in [0.4, 0.5) is 5.13 Å². The normalized spacial score (nSPS) is 11.0.